The largest absolute Gasteiger partial charge is 0.431 e. The van der Waals surface area contributed by atoms with E-state index in [4.69, 9.17) is 10.2 Å². The van der Waals surface area contributed by atoms with E-state index in [-0.39, 0.29) is 21.7 Å². The van der Waals surface area contributed by atoms with Crippen molar-refractivity contribution < 1.29 is 41.5 Å². The van der Waals surface area contributed by atoms with Gasteiger partial charge in [0.25, 0.3) is 0 Å². The predicted molar refractivity (Wildman–Crippen MR) is 123 cm³/mol. The van der Waals surface area contributed by atoms with Crippen molar-refractivity contribution in [1.29, 1.82) is 0 Å². The van der Waals surface area contributed by atoms with Crippen LogP contribution in [0.3, 0.4) is 0 Å². The van der Waals surface area contributed by atoms with Crippen LogP contribution in [0, 0.1) is 0 Å². The van der Waals surface area contributed by atoms with Crippen LogP contribution in [0.25, 0.3) is 0 Å². The van der Waals surface area contributed by atoms with E-state index in [1.807, 2.05) is 0 Å². The molecule has 0 amide bonds. The molecule has 0 aromatic carbocycles. The average molecular weight is 461 g/mol. The van der Waals surface area contributed by atoms with Crippen molar-refractivity contribution in [2.45, 2.75) is 116 Å². The summed E-state index contributed by atoms with van der Waals surface area (Å²) in [6, 6.07) is 0. The van der Waals surface area contributed by atoms with Crippen molar-refractivity contribution in [3.8, 4) is 0 Å². The summed E-state index contributed by atoms with van der Waals surface area (Å²) in [6.45, 7) is 25.7. The van der Waals surface area contributed by atoms with Gasteiger partial charge in [-0.1, -0.05) is 83.1 Å². The molecule has 4 nitrogen and oxygen atoms in total. The summed E-state index contributed by atoms with van der Waals surface area (Å²) in [4.78, 5) is 20.8. The quantitative estimate of drug-likeness (QED) is 0.393. The summed E-state index contributed by atoms with van der Waals surface area (Å²) >= 11 is 0. The van der Waals surface area contributed by atoms with Gasteiger partial charge in [0.1, 0.15) is 0 Å². The van der Waals surface area contributed by atoms with Crippen LogP contribution in [-0.2, 0) is 21.7 Å². The van der Waals surface area contributed by atoms with Gasteiger partial charge in [-0.15, -0.1) is 0 Å². The Morgan fingerprint density at radius 3 is 0.444 bits per heavy atom. The van der Waals surface area contributed by atoms with E-state index in [1.165, 1.54) is 0 Å². The maximum atomic E-state index is 10.4. The zero-order valence-electron chi connectivity index (χ0n) is 20.8. The maximum absolute atomic E-state index is 10.4. The number of hydrogen-bond donors (Lipinski definition) is 4. The van der Waals surface area contributed by atoms with Crippen LogP contribution in [0.1, 0.15) is 83.1 Å². The fourth-order valence-corrected chi connectivity index (χ4v) is 12.0. The second-order valence-electron chi connectivity index (χ2n) is 8.70. The molecule has 0 saturated heterocycles. The van der Waals surface area contributed by atoms with Gasteiger partial charge in [-0.3, -0.25) is 0 Å². The molecular formula is C20H52O4Si2Ti. The van der Waals surface area contributed by atoms with Crippen molar-refractivity contribution in [3.63, 3.8) is 0 Å². The first kappa shape index (κ1) is 38.6. The van der Waals surface area contributed by atoms with Crippen LogP contribution in [0.5, 0.6) is 0 Å². The first-order valence-corrected chi connectivity index (χ1v) is 14.4. The van der Waals surface area contributed by atoms with Crippen molar-refractivity contribution in [2.24, 2.45) is 0 Å². The molecule has 0 spiro atoms. The molecule has 0 aliphatic rings. The molecule has 0 radical (unpaired) electrons. The molecule has 0 fully saturated rings. The van der Waals surface area contributed by atoms with E-state index >= 15 is 0 Å². The third-order valence-corrected chi connectivity index (χ3v) is 16.6. The third-order valence-electron chi connectivity index (χ3n) is 5.55. The van der Waals surface area contributed by atoms with Gasteiger partial charge in [-0.05, 0) is 33.2 Å². The zero-order valence-corrected chi connectivity index (χ0v) is 24.3. The zero-order chi connectivity index (χ0) is 22.5. The molecule has 0 aromatic heterocycles. The van der Waals surface area contributed by atoms with Gasteiger partial charge in [-0.2, -0.15) is 0 Å². The monoisotopic (exact) mass is 460 g/mol. The summed E-state index contributed by atoms with van der Waals surface area (Å²) in [5.41, 5.74) is 2.85. The molecule has 0 aliphatic carbocycles. The summed E-state index contributed by atoms with van der Waals surface area (Å²) in [6.07, 6.45) is 0. The van der Waals surface area contributed by atoms with Crippen LogP contribution in [0.15, 0.2) is 0 Å². The second kappa shape index (κ2) is 19.0. The summed E-state index contributed by atoms with van der Waals surface area (Å²) in [5, 5.41) is 14.0. The standard InChI is InChI=1S/2C9H22OSi.2CH4O.Ti/c2*1-7(2)11(10,8(3)4)9(5)6;2*1-2;/h2*7-10H,1-6H3;2*2H,1H3;. The first-order valence-electron chi connectivity index (χ1n) is 10.0. The van der Waals surface area contributed by atoms with E-state index in [9.17, 15) is 9.59 Å². The molecule has 0 atom stereocenters. The van der Waals surface area contributed by atoms with Gasteiger partial charge in [-0.25, -0.2) is 0 Å². The van der Waals surface area contributed by atoms with E-state index in [0.717, 1.165) is 14.2 Å². The van der Waals surface area contributed by atoms with E-state index in [1.54, 1.807) is 0 Å². The summed E-state index contributed by atoms with van der Waals surface area (Å²) < 4.78 is 0. The molecule has 0 heterocycles. The Balaban J connectivity index is -0.0000000975. The van der Waals surface area contributed by atoms with Gasteiger partial charge >= 0.3 is 0 Å². The van der Waals surface area contributed by atoms with Crippen LogP contribution in [0.2, 0.25) is 33.2 Å². The molecule has 0 aromatic rings. The Labute approximate surface area is 188 Å². The van der Waals surface area contributed by atoms with Crippen molar-refractivity contribution in [3.05, 3.63) is 0 Å². The number of hydrogen-bond acceptors (Lipinski definition) is 4. The fourth-order valence-electron chi connectivity index (χ4n) is 4.00. The Bertz CT molecular complexity index is 237. The van der Waals surface area contributed by atoms with Gasteiger partial charge < -0.3 is 19.8 Å². The van der Waals surface area contributed by atoms with Crippen LogP contribution >= 0.6 is 0 Å². The second-order valence-corrected chi connectivity index (χ2v) is 19.2. The van der Waals surface area contributed by atoms with Gasteiger partial charge in [0, 0.05) is 35.9 Å². The molecule has 0 aliphatic heterocycles. The topological polar surface area (TPSA) is 80.9 Å². The van der Waals surface area contributed by atoms with E-state index < -0.39 is 16.6 Å². The number of aliphatic hydroxyl groups is 2. The minimum absolute atomic E-state index is 0. The van der Waals surface area contributed by atoms with Crippen molar-refractivity contribution in [2.75, 3.05) is 14.2 Å². The van der Waals surface area contributed by atoms with E-state index in [0.29, 0.717) is 33.2 Å². The van der Waals surface area contributed by atoms with Crippen molar-refractivity contribution in [1.82, 2.24) is 0 Å². The molecule has 4 N–H and O–H groups in total. The minimum atomic E-state index is -1.98. The molecule has 168 valence electrons. The molecule has 27 heavy (non-hydrogen) atoms. The normalized spacial score (nSPS) is 11.6. The molecule has 0 saturated carbocycles. The first-order chi connectivity index (χ1) is 11.7. The fraction of sp³-hybridized carbons (Fsp3) is 1.00. The third kappa shape index (κ3) is 12.3. The Kier molecular flexibility index (Phi) is 27.1. The van der Waals surface area contributed by atoms with Gasteiger partial charge in [0.05, 0.1) is 0 Å². The number of rotatable bonds is 6. The van der Waals surface area contributed by atoms with Gasteiger partial charge in [0.2, 0.25) is 0 Å². The Morgan fingerprint density at radius 1 is 0.370 bits per heavy atom. The Hall–Kier alpha value is 0.988. The van der Waals surface area contributed by atoms with Crippen LogP contribution in [0.4, 0.5) is 0 Å². The average Bonchev–Trinajstić information content (AvgIpc) is 2.56. The molecule has 7 heteroatoms. The minimum Gasteiger partial charge on any atom is -0.431 e. The van der Waals surface area contributed by atoms with Crippen LogP contribution < -0.4 is 0 Å². The molecular weight excluding hydrogens is 408 g/mol. The molecule has 0 unspecified atom stereocenters. The number of aliphatic hydroxyl groups excluding tert-OH is 2. The summed E-state index contributed by atoms with van der Waals surface area (Å²) in [7, 11) is -1.96. The molecule has 0 bridgehead atoms. The smallest absolute Gasteiger partial charge is 0.196 e. The summed E-state index contributed by atoms with van der Waals surface area (Å²) in [5.74, 6) is 0. The van der Waals surface area contributed by atoms with Crippen LogP contribution in [-0.4, -0.2) is 50.7 Å². The van der Waals surface area contributed by atoms with E-state index in [2.05, 4.69) is 83.1 Å². The SMILES string of the molecule is CC(C)[Si](O)(C(C)C)C(C)C.CC(C)[Si](O)(C(C)C)C(C)C.CO.CO.[Ti]. The predicted octanol–water partition coefficient (Wildman–Crippen LogP) is 5.52. The maximum Gasteiger partial charge on any atom is 0.196 e. The van der Waals surface area contributed by atoms with Crippen molar-refractivity contribution >= 4 is 16.6 Å². The molecule has 0 rings (SSSR count). The van der Waals surface area contributed by atoms with Gasteiger partial charge in [0.15, 0.2) is 16.6 Å². The Morgan fingerprint density at radius 2 is 0.444 bits per heavy atom.